The van der Waals surface area contributed by atoms with Crippen molar-refractivity contribution in [2.24, 2.45) is 0 Å². The van der Waals surface area contributed by atoms with Gasteiger partial charge in [0, 0.05) is 25.2 Å². The van der Waals surface area contributed by atoms with Crippen LogP contribution in [0.5, 0.6) is 0 Å². The zero-order valence-corrected chi connectivity index (χ0v) is 33.7. The molecule has 0 aromatic heterocycles. The highest BCUT2D eigenvalue weighted by Gasteiger charge is 2.22. The molecular weight excluding hydrogens is 603 g/mol. The average Bonchev–Trinajstić information content (AvgIpc) is 3.53. The van der Waals surface area contributed by atoms with E-state index in [1.54, 1.807) is 5.56 Å². The highest BCUT2D eigenvalue weighted by atomic mass is 15.1. The molecule has 0 N–H and O–H groups in total. The molecule has 0 atom stereocenters. The van der Waals surface area contributed by atoms with Crippen LogP contribution in [0.3, 0.4) is 0 Å². The molecule has 1 heteroatoms. The van der Waals surface area contributed by atoms with E-state index in [2.05, 4.69) is 61.2 Å². The Morgan fingerprint density at radius 1 is 0.360 bits per heavy atom. The molecule has 2 aromatic rings. The van der Waals surface area contributed by atoms with Crippen LogP contribution >= 0.6 is 0 Å². The first-order chi connectivity index (χ1) is 24.8. The van der Waals surface area contributed by atoms with Gasteiger partial charge in [-0.25, -0.2) is 0 Å². The number of unbranched alkanes of at least 4 members (excludes halogenated alkanes) is 30. The van der Waals surface area contributed by atoms with Gasteiger partial charge in [0.2, 0.25) is 0 Å². The molecule has 1 aliphatic rings. The molecule has 50 heavy (non-hydrogen) atoms. The van der Waals surface area contributed by atoms with Gasteiger partial charge in [0.15, 0.2) is 0 Å². The molecule has 0 spiro atoms. The van der Waals surface area contributed by atoms with E-state index in [0.29, 0.717) is 0 Å². The molecule has 0 unspecified atom stereocenters. The van der Waals surface area contributed by atoms with Crippen molar-refractivity contribution in [2.75, 3.05) is 18.0 Å². The Kier molecular flexibility index (Phi) is 25.4. The molecule has 0 radical (unpaired) electrons. The lowest BCUT2D eigenvalue weighted by Crippen LogP contribution is -2.26. The van der Waals surface area contributed by atoms with Crippen molar-refractivity contribution in [3.63, 3.8) is 0 Å². The van der Waals surface area contributed by atoms with Gasteiger partial charge in [-0.2, -0.15) is 0 Å². The first-order valence-corrected chi connectivity index (χ1v) is 22.8. The van der Waals surface area contributed by atoms with E-state index in [1.165, 1.54) is 241 Å². The molecule has 1 aliphatic carbocycles. The van der Waals surface area contributed by atoms with Gasteiger partial charge in [-0.3, -0.25) is 0 Å². The summed E-state index contributed by atoms with van der Waals surface area (Å²) >= 11 is 0. The van der Waals surface area contributed by atoms with E-state index in [1.807, 2.05) is 0 Å². The highest BCUT2D eigenvalue weighted by Crippen LogP contribution is 2.41. The van der Waals surface area contributed by atoms with Crippen LogP contribution in [0, 0.1) is 0 Å². The van der Waals surface area contributed by atoms with Gasteiger partial charge in [-0.1, -0.05) is 243 Å². The molecular formula is C49H83N. The maximum Gasteiger partial charge on any atom is 0.0408 e. The Morgan fingerprint density at radius 3 is 1.10 bits per heavy atom. The van der Waals surface area contributed by atoms with E-state index in [-0.39, 0.29) is 0 Å². The third-order valence-electron chi connectivity index (χ3n) is 11.7. The van der Waals surface area contributed by atoms with Crippen LogP contribution in [-0.2, 0) is 6.42 Å². The van der Waals surface area contributed by atoms with Gasteiger partial charge in [0.1, 0.15) is 0 Å². The van der Waals surface area contributed by atoms with Gasteiger partial charge < -0.3 is 4.90 Å². The fraction of sp³-hybridized carbons (Fsp3) is 0.755. The number of nitrogens with zero attached hydrogens (tertiary/aromatic N) is 1. The van der Waals surface area contributed by atoms with E-state index in [9.17, 15) is 0 Å². The van der Waals surface area contributed by atoms with Gasteiger partial charge in [0.05, 0.1) is 0 Å². The number of hydrogen-bond acceptors (Lipinski definition) is 1. The van der Waals surface area contributed by atoms with Crippen LogP contribution in [0.4, 0.5) is 5.69 Å². The first-order valence-electron chi connectivity index (χ1n) is 22.8. The highest BCUT2D eigenvalue weighted by molar-refractivity contribution is 5.82. The van der Waals surface area contributed by atoms with Crippen molar-refractivity contribution >= 4 is 5.69 Å². The molecule has 0 heterocycles. The number of rotatable bonds is 35. The molecule has 1 nitrogen and oxygen atoms in total. The number of fused-ring (bicyclic) bond motifs is 3. The number of anilines is 1. The van der Waals surface area contributed by atoms with Gasteiger partial charge in [-0.15, -0.1) is 0 Å². The molecule has 0 fully saturated rings. The fourth-order valence-electron chi connectivity index (χ4n) is 8.49. The van der Waals surface area contributed by atoms with Crippen LogP contribution < -0.4 is 4.90 Å². The standard InChI is InChI=1S/C49H83N/c1-3-5-7-9-11-13-15-17-19-21-23-25-27-29-31-35-42-50(49-41-37-40-47-46-39-34-33-38-45(46)44-48(47)49)43-36-32-30-28-26-24-22-20-18-16-14-12-10-8-6-4-2/h33-34,37-41H,3-32,35-36,42-44H2,1-2H3. The molecule has 3 rings (SSSR count). The molecule has 0 amide bonds. The van der Waals surface area contributed by atoms with Crippen LogP contribution in [0.25, 0.3) is 11.1 Å². The second-order valence-corrected chi connectivity index (χ2v) is 16.2. The maximum absolute atomic E-state index is 2.79. The second kappa shape index (κ2) is 29.8. The Hall–Kier alpha value is -1.76. The van der Waals surface area contributed by atoms with Crippen LogP contribution in [-0.4, -0.2) is 13.1 Å². The predicted octanol–water partition coefficient (Wildman–Crippen LogP) is 16.6. The van der Waals surface area contributed by atoms with Crippen LogP contribution in [0.1, 0.15) is 230 Å². The van der Waals surface area contributed by atoms with Crippen molar-refractivity contribution in [3.05, 3.63) is 53.6 Å². The third-order valence-corrected chi connectivity index (χ3v) is 11.7. The summed E-state index contributed by atoms with van der Waals surface area (Å²) in [5, 5.41) is 0. The fourth-order valence-corrected chi connectivity index (χ4v) is 8.49. The summed E-state index contributed by atoms with van der Waals surface area (Å²) in [5.74, 6) is 0. The SMILES string of the molecule is CCCCCCCCCCCCCCCCCCN(CCCCCCCCCCCCCCCCCC)c1cccc2c1Cc1ccccc1-2. The summed E-state index contributed by atoms with van der Waals surface area (Å²) in [6, 6.07) is 16.2. The first kappa shape index (κ1) is 42.7. The topological polar surface area (TPSA) is 3.24 Å². The van der Waals surface area contributed by atoms with Gasteiger partial charge in [0.25, 0.3) is 0 Å². The summed E-state index contributed by atoms with van der Waals surface area (Å²) in [7, 11) is 0. The minimum absolute atomic E-state index is 1.11. The normalized spacial score (nSPS) is 12.0. The van der Waals surface area contributed by atoms with Crippen molar-refractivity contribution in [3.8, 4) is 11.1 Å². The number of hydrogen-bond donors (Lipinski definition) is 0. The van der Waals surface area contributed by atoms with Crippen LogP contribution in [0.15, 0.2) is 42.5 Å². The zero-order chi connectivity index (χ0) is 35.2. The molecule has 0 saturated heterocycles. The Balaban J connectivity index is 1.27. The Bertz CT molecular complexity index is 1020. The molecule has 2 aromatic carbocycles. The largest absolute Gasteiger partial charge is 0.371 e. The average molecular weight is 686 g/mol. The summed E-state index contributed by atoms with van der Waals surface area (Å²) < 4.78 is 0. The predicted molar refractivity (Wildman–Crippen MR) is 226 cm³/mol. The van der Waals surface area contributed by atoms with Crippen molar-refractivity contribution in [2.45, 2.75) is 226 Å². The lowest BCUT2D eigenvalue weighted by atomic mass is 10.0. The monoisotopic (exact) mass is 686 g/mol. The second-order valence-electron chi connectivity index (χ2n) is 16.2. The van der Waals surface area contributed by atoms with E-state index in [4.69, 9.17) is 0 Å². The Labute approximate surface area is 313 Å². The van der Waals surface area contributed by atoms with Crippen LogP contribution in [0.2, 0.25) is 0 Å². The lowest BCUT2D eigenvalue weighted by Gasteiger charge is -2.27. The van der Waals surface area contributed by atoms with E-state index in [0.717, 1.165) is 6.42 Å². The summed E-state index contributed by atoms with van der Waals surface area (Å²) in [5.41, 5.74) is 7.58. The lowest BCUT2D eigenvalue weighted by molar-refractivity contribution is 0.524. The quantitative estimate of drug-likeness (QED) is 0.0557. The maximum atomic E-state index is 2.79. The van der Waals surface area contributed by atoms with Gasteiger partial charge in [-0.05, 0) is 41.2 Å². The molecule has 284 valence electrons. The summed E-state index contributed by atoms with van der Waals surface area (Å²) in [6.07, 6.45) is 47.2. The molecule has 0 bridgehead atoms. The van der Waals surface area contributed by atoms with E-state index < -0.39 is 0 Å². The minimum atomic E-state index is 1.11. The number of benzene rings is 2. The van der Waals surface area contributed by atoms with Crippen molar-refractivity contribution in [1.29, 1.82) is 0 Å². The Morgan fingerprint density at radius 2 is 0.700 bits per heavy atom. The van der Waals surface area contributed by atoms with E-state index >= 15 is 0 Å². The minimum Gasteiger partial charge on any atom is -0.371 e. The van der Waals surface area contributed by atoms with Crippen molar-refractivity contribution in [1.82, 2.24) is 0 Å². The summed E-state index contributed by atoms with van der Waals surface area (Å²) in [6.45, 7) is 7.08. The van der Waals surface area contributed by atoms with Crippen molar-refractivity contribution < 1.29 is 0 Å². The molecule has 0 saturated carbocycles. The smallest absolute Gasteiger partial charge is 0.0408 e. The summed E-state index contributed by atoms with van der Waals surface area (Å²) in [4.78, 5) is 2.79. The third kappa shape index (κ3) is 18.6. The molecule has 0 aliphatic heterocycles. The zero-order valence-electron chi connectivity index (χ0n) is 33.7. The van der Waals surface area contributed by atoms with Gasteiger partial charge >= 0.3 is 0 Å².